The Morgan fingerprint density at radius 3 is 2.61 bits per heavy atom. The molecule has 1 aromatic rings. The van der Waals surface area contributed by atoms with Crippen LogP contribution in [0.3, 0.4) is 0 Å². The Morgan fingerprint density at radius 2 is 1.96 bits per heavy atom. The van der Waals surface area contributed by atoms with Crippen molar-refractivity contribution in [3.63, 3.8) is 0 Å². The van der Waals surface area contributed by atoms with Gasteiger partial charge in [0.25, 0.3) is 0 Å². The lowest BCUT2D eigenvalue weighted by Gasteiger charge is -2.22. The number of anilines is 1. The van der Waals surface area contributed by atoms with Gasteiger partial charge in [-0.05, 0) is 43.6 Å². The highest BCUT2D eigenvalue weighted by Gasteiger charge is 2.22. The second kappa shape index (κ2) is 8.53. The Labute approximate surface area is 137 Å². The van der Waals surface area contributed by atoms with Crippen LogP contribution in [0.2, 0.25) is 0 Å². The highest BCUT2D eigenvalue weighted by molar-refractivity contribution is 5.88. The molecule has 126 valence electrons. The number of hydrogen-bond acceptors (Lipinski definition) is 3. The van der Waals surface area contributed by atoms with E-state index in [1.807, 2.05) is 24.3 Å². The predicted octanol–water partition coefficient (Wildman–Crippen LogP) is 1.93. The van der Waals surface area contributed by atoms with Crippen molar-refractivity contribution in [1.29, 1.82) is 0 Å². The van der Waals surface area contributed by atoms with Gasteiger partial charge in [-0.3, -0.25) is 9.69 Å². The summed E-state index contributed by atoms with van der Waals surface area (Å²) in [4.78, 5) is 25.2. The molecule has 1 aliphatic rings. The van der Waals surface area contributed by atoms with E-state index in [-0.39, 0.29) is 11.9 Å². The summed E-state index contributed by atoms with van der Waals surface area (Å²) in [5.41, 5.74) is 1.75. The van der Waals surface area contributed by atoms with Crippen molar-refractivity contribution >= 4 is 17.6 Å². The van der Waals surface area contributed by atoms with Gasteiger partial charge in [0.1, 0.15) is 0 Å². The summed E-state index contributed by atoms with van der Waals surface area (Å²) in [5.74, 6) is -0.0942. The fourth-order valence-electron chi connectivity index (χ4n) is 2.91. The molecule has 1 aromatic carbocycles. The molecule has 0 spiro atoms. The van der Waals surface area contributed by atoms with E-state index in [0.717, 1.165) is 30.8 Å². The molecule has 1 atom stereocenters. The van der Waals surface area contributed by atoms with E-state index >= 15 is 0 Å². The molecule has 6 nitrogen and oxygen atoms in total. The molecule has 1 saturated heterocycles. The summed E-state index contributed by atoms with van der Waals surface area (Å²) < 4.78 is 0. The van der Waals surface area contributed by atoms with Crippen LogP contribution in [0.25, 0.3) is 0 Å². The van der Waals surface area contributed by atoms with Gasteiger partial charge in [-0.1, -0.05) is 19.1 Å². The number of nitrogens with zero attached hydrogens (tertiary/aromatic N) is 1. The Balaban J connectivity index is 1.70. The maximum atomic E-state index is 11.9. The van der Waals surface area contributed by atoms with Crippen LogP contribution in [0.15, 0.2) is 24.3 Å². The van der Waals surface area contributed by atoms with E-state index in [2.05, 4.69) is 27.8 Å². The fourth-order valence-corrected chi connectivity index (χ4v) is 2.91. The van der Waals surface area contributed by atoms with E-state index in [9.17, 15) is 9.59 Å². The van der Waals surface area contributed by atoms with Crippen molar-refractivity contribution in [3.05, 3.63) is 29.8 Å². The third-order valence-corrected chi connectivity index (χ3v) is 4.13. The van der Waals surface area contributed by atoms with E-state index in [0.29, 0.717) is 19.1 Å². The maximum Gasteiger partial charge on any atom is 0.315 e. The minimum absolute atomic E-state index is 0.0942. The fraction of sp³-hybridized carbons (Fsp3) is 0.529. The Hall–Kier alpha value is -2.08. The number of likely N-dealkylation sites (N-methyl/N-ethyl adjacent to an activating group) is 1. The molecule has 1 aliphatic heterocycles. The molecule has 1 heterocycles. The second-order valence-electron chi connectivity index (χ2n) is 5.87. The van der Waals surface area contributed by atoms with Crippen molar-refractivity contribution in [2.24, 2.45) is 0 Å². The summed E-state index contributed by atoms with van der Waals surface area (Å²) in [6, 6.07) is 7.76. The number of carbonyl (C=O) groups is 2. The molecule has 23 heavy (non-hydrogen) atoms. The topological polar surface area (TPSA) is 73.5 Å². The first-order valence-electron chi connectivity index (χ1n) is 8.20. The molecular formula is C17H26N4O2. The largest absolute Gasteiger partial charge is 0.337 e. The first-order valence-corrected chi connectivity index (χ1v) is 8.20. The molecule has 0 saturated carbocycles. The van der Waals surface area contributed by atoms with Crippen LogP contribution < -0.4 is 16.0 Å². The molecule has 3 N–H and O–H groups in total. The van der Waals surface area contributed by atoms with E-state index in [1.54, 1.807) is 0 Å². The number of carbonyl (C=O) groups excluding carboxylic acids is 2. The molecule has 0 aliphatic carbocycles. The number of likely N-dealkylation sites (tertiary alicyclic amines) is 1. The standard InChI is InChI=1S/C17H26N4O2/c1-3-21-10-4-5-16(21)12-19-17(23)18-11-14-6-8-15(9-7-14)20-13(2)22/h6-9,16H,3-5,10-12H2,1-2H3,(H,20,22)(H2,18,19,23). The number of amides is 3. The second-order valence-corrected chi connectivity index (χ2v) is 5.87. The molecule has 1 fully saturated rings. The summed E-state index contributed by atoms with van der Waals surface area (Å²) in [5, 5.41) is 8.52. The van der Waals surface area contributed by atoms with Gasteiger partial charge < -0.3 is 16.0 Å². The van der Waals surface area contributed by atoms with E-state index in [1.165, 1.54) is 13.3 Å². The minimum Gasteiger partial charge on any atom is -0.337 e. The van der Waals surface area contributed by atoms with Gasteiger partial charge in [0.15, 0.2) is 0 Å². The number of rotatable bonds is 6. The van der Waals surface area contributed by atoms with Crippen LogP contribution in [0.4, 0.5) is 10.5 Å². The summed E-state index contributed by atoms with van der Waals surface area (Å²) >= 11 is 0. The Kier molecular flexibility index (Phi) is 6.40. The van der Waals surface area contributed by atoms with Crippen molar-refractivity contribution in [1.82, 2.24) is 15.5 Å². The first kappa shape index (κ1) is 17.3. The molecule has 0 bridgehead atoms. The molecule has 2 rings (SSSR count). The molecule has 6 heteroatoms. The smallest absolute Gasteiger partial charge is 0.315 e. The summed E-state index contributed by atoms with van der Waals surface area (Å²) in [6.07, 6.45) is 2.36. The van der Waals surface area contributed by atoms with Gasteiger partial charge in [0.2, 0.25) is 5.91 Å². The molecule has 1 unspecified atom stereocenters. The van der Waals surface area contributed by atoms with Crippen LogP contribution in [0.1, 0.15) is 32.3 Å². The van der Waals surface area contributed by atoms with Crippen LogP contribution in [0, 0.1) is 0 Å². The molecule has 0 radical (unpaired) electrons. The summed E-state index contributed by atoms with van der Waals surface area (Å²) in [6.45, 7) is 6.96. The predicted molar refractivity (Wildman–Crippen MR) is 91.3 cm³/mol. The van der Waals surface area contributed by atoms with Gasteiger partial charge >= 0.3 is 6.03 Å². The quantitative estimate of drug-likeness (QED) is 0.750. The lowest BCUT2D eigenvalue weighted by Crippen LogP contribution is -2.43. The van der Waals surface area contributed by atoms with Gasteiger partial charge in [-0.2, -0.15) is 0 Å². The zero-order valence-electron chi connectivity index (χ0n) is 13.9. The molecular weight excluding hydrogens is 292 g/mol. The van der Waals surface area contributed by atoms with Crippen molar-refractivity contribution < 1.29 is 9.59 Å². The van der Waals surface area contributed by atoms with Crippen molar-refractivity contribution in [3.8, 4) is 0 Å². The first-order chi connectivity index (χ1) is 11.1. The van der Waals surface area contributed by atoms with Gasteiger partial charge in [-0.25, -0.2) is 4.79 Å². The third-order valence-electron chi connectivity index (χ3n) is 4.13. The van der Waals surface area contributed by atoms with E-state index < -0.39 is 0 Å². The van der Waals surface area contributed by atoms with Crippen LogP contribution in [-0.2, 0) is 11.3 Å². The van der Waals surface area contributed by atoms with Crippen molar-refractivity contribution in [2.45, 2.75) is 39.3 Å². The number of benzene rings is 1. The zero-order chi connectivity index (χ0) is 16.7. The zero-order valence-corrected chi connectivity index (χ0v) is 13.9. The highest BCUT2D eigenvalue weighted by atomic mass is 16.2. The minimum atomic E-state index is -0.140. The number of nitrogens with one attached hydrogen (secondary N) is 3. The van der Waals surface area contributed by atoms with Gasteiger partial charge in [0.05, 0.1) is 0 Å². The van der Waals surface area contributed by atoms with E-state index in [4.69, 9.17) is 0 Å². The average molecular weight is 318 g/mol. The molecule has 3 amide bonds. The SMILES string of the molecule is CCN1CCCC1CNC(=O)NCc1ccc(NC(C)=O)cc1. The maximum absolute atomic E-state index is 11.9. The normalized spacial score (nSPS) is 17.7. The summed E-state index contributed by atoms with van der Waals surface area (Å²) in [7, 11) is 0. The third kappa shape index (κ3) is 5.56. The molecule has 0 aromatic heterocycles. The van der Waals surface area contributed by atoms with Crippen LogP contribution in [-0.4, -0.2) is 42.5 Å². The van der Waals surface area contributed by atoms with Gasteiger partial charge in [-0.15, -0.1) is 0 Å². The number of hydrogen-bond donors (Lipinski definition) is 3. The average Bonchev–Trinajstić information content (AvgIpc) is 2.99. The van der Waals surface area contributed by atoms with Crippen LogP contribution in [0.5, 0.6) is 0 Å². The number of urea groups is 1. The van der Waals surface area contributed by atoms with Gasteiger partial charge in [0, 0.05) is 31.7 Å². The highest BCUT2D eigenvalue weighted by Crippen LogP contribution is 2.15. The Bertz CT molecular complexity index is 530. The lowest BCUT2D eigenvalue weighted by molar-refractivity contribution is -0.114. The van der Waals surface area contributed by atoms with Crippen molar-refractivity contribution in [2.75, 3.05) is 25.0 Å². The lowest BCUT2D eigenvalue weighted by atomic mass is 10.2. The van der Waals surface area contributed by atoms with Crippen LogP contribution >= 0.6 is 0 Å². The monoisotopic (exact) mass is 318 g/mol. The Morgan fingerprint density at radius 1 is 1.22 bits per heavy atom.